The molecular weight excluding hydrogens is 252 g/mol. The van der Waals surface area contributed by atoms with Crippen molar-refractivity contribution in [3.8, 4) is 6.07 Å². The normalized spacial score (nSPS) is 29.7. The van der Waals surface area contributed by atoms with Gasteiger partial charge in [0, 0.05) is 19.3 Å². The molecule has 4 heteroatoms. The van der Waals surface area contributed by atoms with Crippen molar-refractivity contribution in [1.82, 2.24) is 5.32 Å². The molecule has 1 N–H and O–H groups in total. The quantitative estimate of drug-likeness (QED) is 0.863. The van der Waals surface area contributed by atoms with E-state index in [9.17, 15) is 10.1 Å². The molecule has 0 spiro atoms. The van der Waals surface area contributed by atoms with Gasteiger partial charge in [0.05, 0.1) is 6.07 Å². The molecule has 0 aromatic carbocycles. The zero-order valence-electron chi connectivity index (χ0n) is 12.7. The minimum absolute atomic E-state index is 0.0687. The summed E-state index contributed by atoms with van der Waals surface area (Å²) in [5.41, 5.74) is -0.864. The summed E-state index contributed by atoms with van der Waals surface area (Å²) in [7, 11) is 0. The molecule has 1 heterocycles. The second-order valence-corrected chi connectivity index (χ2v) is 6.58. The zero-order chi connectivity index (χ0) is 14.6. The summed E-state index contributed by atoms with van der Waals surface area (Å²) >= 11 is 0. The fourth-order valence-electron chi connectivity index (χ4n) is 3.55. The number of hydrogen-bond donors (Lipinski definition) is 1. The Morgan fingerprint density at radius 3 is 2.55 bits per heavy atom. The monoisotopic (exact) mass is 278 g/mol. The predicted octanol–water partition coefficient (Wildman–Crippen LogP) is 2.64. The molecule has 20 heavy (non-hydrogen) atoms. The van der Waals surface area contributed by atoms with Crippen LogP contribution in [-0.4, -0.2) is 25.2 Å². The Kier molecular flexibility index (Phi) is 5.04. The minimum atomic E-state index is -0.864. The van der Waals surface area contributed by atoms with E-state index in [-0.39, 0.29) is 11.9 Å². The second-order valence-electron chi connectivity index (χ2n) is 6.58. The third-order valence-corrected chi connectivity index (χ3v) is 4.99. The van der Waals surface area contributed by atoms with Gasteiger partial charge in [-0.25, -0.2) is 0 Å². The van der Waals surface area contributed by atoms with Crippen molar-refractivity contribution in [2.24, 2.45) is 17.3 Å². The number of hydrogen-bond acceptors (Lipinski definition) is 3. The maximum Gasteiger partial charge on any atom is 0.240 e. The van der Waals surface area contributed by atoms with Crippen molar-refractivity contribution in [1.29, 1.82) is 5.26 Å². The first-order valence-electron chi connectivity index (χ1n) is 7.89. The van der Waals surface area contributed by atoms with Crippen LogP contribution in [0.25, 0.3) is 0 Å². The molecule has 1 saturated heterocycles. The molecule has 4 nitrogen and oxygen atoms in total. The first-order chi connectivity index (χ1) is 9.59. The van der Waals surface area contributed by atoms with E-state index in [1.807, 2.05) is 0 Å². The van der Waals surface area contributed by atoms with E-state index >= 15 is 0 Å². The first-order valence-corrected chi connectivity index (χ1v) is 7.89. The van der Waals surface area contributed by atoms with Gasteiger partial charge in [-0.05, 0) is 37.5 Å². The van der Waals surface area contributed by atoms with Gasteiger partial charge in [-0.1, -0.05) is 26.7 Å². The Balaban J connectivity index is 2.03. The van der Waals surface area contributed by atoms with Crippen molar-refractivity contribution in [3.63, 3.8) is 0 Å². The number of rotatable bonds is 3. The SMILES string of the molecule is CC(C)C1CCCCC1NC(=O)C1(C#N)CCOCC1. The van der Waals surface area contributed by atoms with E-state index in [4.69, 9.17) is 4.74 Å². The van der Waals surface area contributed by atoms with Crippen LogP contribution in [0.1, 0.15) is 52.4 Å². The highest BCUT2D eigenvalue weighted by Gasteiger charge is 2.42. The van der Waals surface area contributed by atoms with Crippen LogP contribution in [0, 0.1) is 28.6 Å². The summed E-state index contributed by atoms with van der Waals surface area (Å²) in [6.07, 6.45) is 5.71. The summed E-state index contributed by atoms with van der Waals surface area (Å²) in [6, 6.07) is 2.50. The Morgan fingerprint density at radius 2 is 1.95 bits per heavy atom. The molecule has 1 saturated carbocycles. The van der Waals surface area contributed by atoms with E-state index in [0.29, 0.717) is 37.9 Å². The van der Waals surface area contributed by atoms with Crippen molar-refractivity contribution < 1.29 is 9.53 Å². The predicted molar refractivity (Wildman–Crippen MR) is 76.8 cm³/mol. The van der Waals surface area contributed by atoms with E-state index in [0.717, 1.165) is 6.42 Å². The van der Waals surface area contributed by atoms with E-state index in [1.165, 1.54) is 19.3 Å². The van der Waals surface area contributed by atoms with Crippen LogP contribution in [0.3, 0.4) is 0 Å². The largest absolute Gasteiger partial charge is 0.381 e. The molecule has 0 aromatic rings. The average Bonchev–Trinajstić information content (AvgIpc) is 2.48. The highest BCUT2D eigenvalue weighted by Crippen LogP contribution is 2.33. The summed E-state index contributed by atoms with van der Waals surface area (Å²) in [5.74, 6) is 1.05. The van der Waals surface area contributed by atoms with Gasteiger partial charge in [0.2, 0.25) is 5.91 Å². The maximum atomic E-state index is 12.6. The lowest BCUT2D eigenvalue weighted by Gasteiger charge is -2.37. The number of nitrogens with one attached hydrogen (secondary N) is 1. The molecule has 2 atom stereocenters. The van der Waals surface area contributed by atoms with Crippen LogP contribution < -0.4 is 5.32 Å². The third-order valence-electron chi connectivity index (χ3n) is 4.99. The van der Waals surface area contributed by atoms with Gasteiger partial charge in [-0.2, -0.15) is 5.26 Å². The van der Waals surface area contributed by atoms with Crippen LogP contribution in [-0.2, 0) is 9.53 Å². The van der Waals surface area contributed by atoms with Crippen molar-refractivity contribution in [2.75, 3.05) is 13.2 Å². The third kappa shape index (κ3) is 3.15. The summed E-state index contributed by atoms with van der Waals surface area (Å²) in [5, 5.41) is 12.6. The standard InChI is InChI=1S/C16H26N2O2/c1-12(2)13-5-3-4-6-14(13)18-15(19)16(11-17)7-9-20-10-8-16/h12-14H,3-10H2,1-2H3,(H,18,19). The van der Waals surface area contributed by atoms with Gasteiger partial charge in [0.1, 0.15) is 5.41 Å². The minimum Gasteiger partial charge on any atom is -0.381 e. The summed E-state index contributed by atoms with van der Waals surface area (Å²) < 4.78 is 5.29. The number of carbonyl (C=O) groups excluding carboxylic acids is 1. The molecule has 0 radical (unpaired) electrons. The Bertz CT molecular complexity index is 380. The Labute approximate surface area is 121 Å². The molecule has 1 aliphatic carbocycles. The van der Waals surface area contributed by atoms with E-state index in [1.54, 1.807) is 0 Å². The van der Waals surface area contributed by atoms with Gasteiger partial charge < -0.3 is 10.1 Å². The van der Waals surface area contributed by atoms with Gasteiger partial charge in [0.25, 0.3) is 0 Å². The van der Waals surface area contributed by atoms with Gasteiger partial charge in [0.15, 0.2) is 0 Å². The molecule has 0 bridgehead atoms. The fraction of sp³-hybridized carbons (Fsp3) is 0.875. The molecular formula is C16H26N2O2. The topological polar surface area (TPSA) is 62.1 Å². The lowest BCUT2D eigenvalue weighted by molar-refractivity contribution is -0.133. The smallest absolute Gasteiger partial charge is 0.240 e. The highest BCUT2D eigenvalue weighted by molar-refractivity contribution is 5.85. The van der Waals surface area contributed by atoms with Gasteiger partial charge in [-0.15, -0.1) is 0 Å². The number of amides is 1. The van der Waals surface area contributed by atoms with Crippen LogP contribution >= 0.6 is 0 Å². The van der Waals surface area contributed by atoms with E-state index in [2.05, 4.69) is 25.2 Å². The molecule has 112 valence electrons. The first kappa shape index (κ1) is 15.3. The van der Waals surface area contributed by atoms with Crippen LogP contribution in [0.4, 0.5) is 0 Å². The number of nitrogens with zero attached hydrogens (tertiary/aromatic N) is 1. The Hall–Kier alpha value is -1.08. The van der Waals surface area contributed by atoms with Crippen molar-refractivity contribution in [3.05, 3.63) is 0 Å². The Morgan fingerprint density at radius 1 is 1.30 bits per heavy atom. The molecule has 2 aliphatic rings. The summed E-state index contributed by atoms with van der Waals surface area (Å²) in [4.78, 5) is 12.6. The van der Waals surface area contributed by atoms with Crippen LogP contribution in [0.5, 0.6) is 0 Å². The number of nitriles is 1. The molecule has 2 fully saturated rings. The number of ether oxygens (including phenoxy) is 1. The second kappa shape index (κ2) is 6.58. The van der Waals surface area contributed by atoms with Crippen LogP contribution in [0.15, 0.2) is 0 Å². The van der Waals surface area contributed by atoms with E-state index < -0.39 is 5.41 Å². The van der Waals surface area contributed by atoms with Crippen molar-refractivity contribution >= 4 is 5.91 Å². The molecule has 1 amide bonds. The van der Waals surface area contributed by atoms with Crippen LogP contribution in [0.2, 0.25) is 0 Å². The lowest BCUT2D eigenvalue weighted by atomic mass is 9.76. The average molecular weight is 278 g/mol. The zero-order valence-corrected chi connectivity index (χ0v) is 12.7. The van der Waals surface area contributed by atoms with Gasteiger partial charge in [-0.3, -0.25) is 4.79 Å². The molecule has 0 aromatic heterocycles. The maximum absolute atomic E-state index is 12.6. The highest BCUT2D eigenvalue weighted by atomic mass is 16.5. The molecule has 2 rings (SSSR count). The summed E-state index contributed by atoms with van der Waals surface area (Å²) in [6.45, 7) is 5.48. The molecule has 2 unspecified atom stereocenters. The lowest BCUT2D eigenvalue weighted by Crippen LogP contribution is -2.51. The number of carbonyl (C=O) groups is 1. The van der Waals surface area contributed by atoms with Gasteiger partial charge >= 0.3 is 0 Å². The molecule has 1 aliphatic heterocycles. The fourth-order valence-corrected chi connectivity index (χ4v) is 3.55. The van der Waals surface area contributed by atoms with Crippen molar-refractivity contribution in [2.45, 2.75) is 58.4 Å².